The predicted octanol–water partition coefficient (Wildman–Crippen LogP) is 2.36. The van der Waals surface area contributed by atoms with Gasteiger partial charge in [0, 0.05) is 44.3 Å². The molecule has 0 amide bonds. The second kappa shape index (κ2) is 8.19. The van der Waals surface area contributed by atoms with Crippen molar-refractivity contribution in [3.05, 3.63) is 53.0 Å². The van der Waals surface area contributed by atoms with Crippen molar-refractivity contribution in [2.24, 2.45) is 0 Å². The summed E-state index contributed by atoms with van der Waals surface area (Å²) >= 11 is 0. The second-order valence-electron chi connectivity index (χ2n) is 7.82. The Morgan fingerprint density at radius 1 is 1.34 bits per heavy atom. The third-order valence-electron chi connectivity index (χ3n) is 5.93. The van der Waals surface area contributed by atoms with Crippen molar-refractivity contribution in [1.29, 1.82) is 0 Å². The van der Waals surface area contributed by atoms with Gasteiger partial charge in [0.05, 0.1) is 23.4 Å². The largest absolute Gasteiger partial charge is 0.493 e. The maximum Gasteiger partial charge on any atom is 0.213 e. The van der Waals surface area contributed by atoms with Gasteiger partial charge in [0.1, 0.15) is 24.5 Å². The van der Waals surface area contributed by atoms with Crippen molar-refractivity contribution in [2.75, 3.05) is 25.6 Å². The number of fused-ring (bicyclic) bond motifs is 2. The molecule has 4 aromatic rings. The van der Waals surface area contributed by atoms with Gasteiger partial charge in [0.15, 0.2) is 12.2 Å². The van der Waals surface area contributed by atoms with Gasteiger partial charge >= 0.3 is 0 Å². The quantitative estimate of drug-likeness (QED) is 0.431. The van der Waals surface area contributed by atoms with Crippen LogP contribution in [0.25, 0.3) is 16.8 Å². The van der Waals surface area contributed by atoms with Crippen LogP contribution in [0.4, 0.5) is 10.3 Å². The molecule has 0 atom stereocenters. The van der Waals surface area contributed by atoms with E-state index < -0.39 is 0 Å². The van der Waals surface area contributed by atoms with E-state index in [-0.39, 0.29) is 12.4 Å². The number of anilines is 1. The van der Waals surface area contributed by atoms with Gasteiger partial charge in [0.2, 0.25) is 11.6 Å². The molecule has 0 aliphatic carbocycles. The van der Waals surface area contributed by atoms with Crippen LogP contribution < -0.4 is 14.7 Å². The highest BCUT2D eigenvalue weighted by Gasteiger charge is 2.24. The number of ether oxygens (including phenoxy) is 2. The van der Waals surface area contributed by atoms with E-state index in [4.69, 9.17) is 9.47 Å². The van der Waals surface area contributed by atoms with Crippen molar-refractivity contribution < 1.29 is 18.5 Å². The molecule has 0 unspecified atom stereocenters. The van der Waals surface area contributed by atoms with E-state index in [1.165, 1.54) is 6.07 Å². The molecular weight excluding hydrogens is 413 g/mol. The lowest BCUT2D eigenvalue weighted by molar-refractivity contribution is -0.756. The van der Waals surface area contributed by atoms with Gasteiger partial charge in [-0.2, -0.15) is 5.10 Å². The fourth-order valence-electron chi connectivity index (χ4n) is 4.35. The van der Waals surface area contributed by atoms with Crippen LogP contribution in [0, 0.1) is 19.7 Å². The molecule has 0 radical (unpaired) electrons. The average molecular weight is 438 g/mol. The highest BCUT2D eigenvalue weighted by atomic mass is 19.1. The summed E-state index contributed by atoms with van der Waals surface area (Å²) in [5.41, 5.74) is 6.16. The minimum absolute atomic E-state index is 0.252. The van der Waals surface area contributed by atoms with Gasteiger partial charge in [-0.05, 0) is 19.1 Å². The standard InChI is InChI=1S/C22H24FN7O2/c1-13-20(14(2)30(28-13)7-9-31-3)17-11-25-22(29-12-26-27-21(17)29)24-10-16-15-6-8-32-19(15)5-4-18(16)23/h4-5,11-12H,6-10H2,1-3H3,(H,24,25,27)/p+1. The van der Waals surface area contributed by atoms with Gasteiger partial charge in [-0.15, -0.1) is 14.9 Å². The molecule has 1 aromatic carbocycles. The van der Waals surface area contributed by atoms with Crippen molar-refractivity contribution in [3.63, 3.8) is 0 Å². The number of hydrogen-bond acceptors (Lipinski definition) is 6. The second-order valence-corrected chi connectivity index (χ2v) is 7.82. The molecule has 3 aromatic heterocycles. The van der Waals surface area contributed by atoms with E-state index in [1.54, 1.807) is 30.1 Å². The summed E-state index contributed by atoms with van der Waals surface area (Å²) in [4.78, 5) is 4.62. The fraction of sp³-hybridized carbons (Fsp3) is 0.364. The molecule has 0 saturated carbocycles. The monoisotopic (exact) mass is 438 g/mol. The number of aromatic amines is 1. The lowest BCUT2D eigenvalue weighted by atomic mass is 10.0. The Hall–Kier alpha value is -3.53. The number of rotatable bonds is 7. The smallest absolute Gasteiger partial charge is 0.213 e. The summed E-state index contributed by atoms with van der Waals surface area (Å²) in [5.74, 6) is 1.04. The van der Waals surface area contributed by atoms with Gasteiger partial charge in [-0.25, -0.2) is 9.37 Å². The number of hydrogen-bond donors (Lipinski definition) is 2. The number of benzene rings is 1. The zero-order valence-electron chi connectivity index (χ0n) is 18.3. The van der Waals surface area contributed by atoms with Crippen molar-refractivity contribution in [1.82, 2.24) is 24.7 Å². The normalized spacial score (nSPS) is 12.9. The van der Waals surface area contributed by atoms with Crippen LogP contribution >= 0.6 is 0 Å². The number of aryl methyl sites for hydroxylation is 1. The molecule has 166 valence electrons. The molecule has 10 heteroatoms. The van der Waals surface area contributed by atoms with Crippen LogP contribution in [-0.4, -0.2) is 45.0 Å². The molecule has 0 spiro atoms. The first-order chi connectivity index (χ1) is 15.6. The first-order valence-corrected chi connectivity index (χ1v) is 10.5. The summed E-state index contributed by atoms with van der Waals surface area (Å²) < 4.78 is 29.1. The third-order valence-corrected chi connectivity index (χ3v) is 5.93. The van der Waals surface area contributed by atoms with E-state index >= 15 is 0 Å². The van der Waals surface area contributed by atoms with Crippen molar-refractivity contribution in [3.8, 4) is 16.9 Å². The lowest BCUT2D eigenvalue weighted by Crippen LogP contribution is -2.40. The minimum Gasteiger partial charge on any atom is -0.493 e. The molecule has 1 aliphatic heterocycles. The number of halogens is 1. The van der Waals surface area contributed by atoms with Crippen molar-refractivity contribution in [2.45, 2.75) is 33.4 Å². The maximum atomic E-state index is 14.5. The van der Waals surface area contributed by atoms with E-state index in [1.807, 2.05) is 18.5 Å². The molecule has 1 aliphatic rings. The number of aromatic nitrogens is 6. The predicted molar refractivity (Wildman–Crippen MR) is 115 cm³/mol. The van der Waals surface area contributed by atoms with Gasteiger partial charge < -0.3 is 14.8 Å². The van der Waals surface area contributed by atoms with Gasteiger partial charge in [-0.1, -0.05) is 0 Å². The highest BCUT2D eigenvalue weighted by Crippen LogP contribution is 2.31. The first-order valence-electron chi connectivity index (χ1n) is 10.5. The summed E-state index contributed by atoms with van der Waals surface area (Å²) in [6, 6.07) is 3.13. The summed E-state index contributed by atoms with van der Waals surface area (Å²) in [6.45, 7) is 6.26. The molecular formula is C22H25FN7O2+. The highest BCUT2D eigenvalue weighted by molar-refractivity contribution is 5.79. The molecule has 0 saturated heterocycles. The zero-order chi connectivity index (χ0) is 22.2. The molecule has 0 bridgehead atoms. The minimum atomic E-state index is -0.252. The number of nitrogens with one attached hydrogen (secondary N) is 2. The molecule has 5 rings (SSSR count). The van der Waals surface area contributed by atoms with Crippen LogP contribution in [-0.2, 0) is 24.2 Å². The van der Waals surface area contributed by atoms with E-state index in [0.29, 0.717) is 36.8 Å². The fourth-order valence-corrected chi connectivity index (χ4v) is 4.35. The Kier molecular flexibility index (Phi) is 5.22. The first kappa shape index (κ1) is 20.4. The van der Waals surface area contributed by atoms with E-state index in [0.717, 1.165) is 40.4 Å². The average Bonchev–Trinajstić information content (AvgIpc) is 3.51. The third kappa shape index (κ3) is 3.36. The summed E-state index contributed by atoms with van der Waals surface area (Å²) in [6.07, 6.45) is 4.10. The Labute approximate surface area is 184 Å². The van der Waals surface area contributed by atoms with Gasteiger partial charge in [0.25, 0.3) is 0 Å². The Balaban J connectivity index is 1.48. The van der Waals surface area contributed by atoms with Crippen LogP contribution in [0.2, 0.25) is 0 Å². The molecule has 32 heavy (non-hydrogen) atoms. The lowest BCUT2D eigenvalue weighted by Gasteiger charge is -2.12. The summed E-state index contributed by atoms with van der Waals surface area (Å²) in [7, 11) is 1.69. The van der Waals surface area contributed by atoms with Gasteiger partial charge in [-0.3, -0.25) is 4.40 Å². The topological polar surface area (TPSA) is 93.2 Å². The number of H-pyrrole nitrogens is 1. The Bertz CT molecular complexity index is 1300. The maximum absolute atomic E-state index is 14.5. The molecule has 4 heterocycles. The number of methoxy groups -OCH3 is 1. The van der Waals surface area contributed by atoms with Crippen LogP contribution in [0.5, 0.6) is 5.75 Å². The van der Waals surface area contributed by atoms with Crippen LogP contribution in [0.15, 0.2) is 24.7 Å². The SMILES string of the molecule is COCC[n+]1[nH]c(C)c(-c2cnc(NCc3c(F)ccc4c3CCO4)n3cnnc23)c1C. The molecule has 0 fully saturated rings. The van der Waals surface area contributed by atoms with Crippen molar-refractivity contribution >= 4 is 11.6 Å². The van der Waals surface area contributed by atoms with E-state index in [2.05, 4.69) is 25.6 Å². The van der Waals surface area contributed by atoms with Crippen LogP contribution in [0.3, 0.4) is 0 Å². The van der Waals surface area contributed by atoms with E-state index in [9.17, 15) is 4.39 Å². The Morgan fingerprint density at radius 2 is 2.22 bits per heavy atom. The molecule has 2 N–H and O–H groups in total. The Morgan fingerprint density at radius 3 is 3.06 bits per heavy atom. The van der Waals surface area contributed by atoms with Crippen LogP contribution in [0.1, 0.15) is 22.5 Å². The summed E-state index contributed by atoms with van der Waals surface area (Å²) in [5, 5.41) is 15.1. The number of nitrogens with zero attached hydrogens (tertiary/aromatic N) is 5. The zero-order valence-corrected chi connectivity index (χ0v) is 18.3. The molecule has 9 nitrogen and oxygen atoms in total.